The molecule has 3 aromatic heterocycles. The molecule has 1 saturated carbocycles. The number of ketones is 1. The Labute approximate surface area is 340 Å². The molecular formula is C42H66F5N9O2. The van der Waals surface area contributed by atoms with E-state index in [1.807, 2.05) is 27.0 Å². The van der Waals surface area contributed by atoms with Gasteiger partial charge in [-0.2, -0.15) is 28.4 Å². The van der Waals surface area contributed by atoms with Gasteiger partial charge in [-0.05, 0) is 58.1 Å². The average molecular weight is 824 g/mol. The Morgan fingerprint density at radius 3 is 2.28 bits per heavy atom. The number of hydrogen-bond acceptors (Lipinski definition) is 8. The van der Waals surface area contributed by atoms with Gasteiger partial charge in [0.1, 0.15) is 23.7 Å². The van der Waals surface area contributed by atoms with Crippen molar-refractivity contribution in [1.29, 1.82) is 0 Å². The first-order valence-corrected chi connectivity index (χ1v) is 20.9. The third kappa shape index (κ3) is 11.5. The van der Waals surface area contributed by atoms with E-state index in [0.29, 0.717) is 23.0 Å². The lowest BCUT2D eigenvalue weighted by Gasteiger charge is -2.41. The molecule has 4 atom stereocenters. The number of aryl methyl sites for hydroxylation is 1. The number of fused-ring (bicyclic) bond motifs is 1. The minimum atomic E-state index is -4.34. The topological polar surface area (TPSA) is 114 Å². The van der Waals surface area contributed by atoms with Gasteiger partial charge in [0.2, 0.25) is 5.91 Å². The second kappa shape index (κ2) is 19.1. The van der Waals surface area contributed by atoms with Gasteiger partial charge < -0.3 is 10.2 Å². The average Bonchev–Trinajstić information content (AvgIpc) is 3.55. The van der Waals surface area contributed by atoms with E-state index >= 15 is 0 Å². The fourth-order valence-electron chi connectivity index (χ4n) is 7.11. The standard InChI is InChI=1S/C26H38F3N7O.C9H14N2O.C7H14F2/c1-4-5-6-7-17(2)21-15-36-24(31-21)32-22(35-11-10-34(3)25(16-35)8-9-25)20(33-36)13-18-12-19(26(27,28)29)14-30-23(18)37;1-4-11-8(5-6-10-11)9(12)7(2)3;1-6(2,3)7(4,9)5-8/h15,17-19H,4-14,16H2,1-3H3,(H,30,37);5-7H,4H2,1-3H3;5H2,1-4H3/t17?,18-,19-;;/m1../s1. The zero-order valence-corrected chi connectivity index (χ0v) is 36.2. The number of rotatable bonds is 12. The molecule has 3 fully saturated rings. The number of anilines is 1. The molecule has 1 amide bonds. The largest absolute Gasteiger partial charge is 0.393 e. The van der Waals surface area contributed by atoms with Crippen LogP contribution in [0, 0.1) is 23.2 Å². The molecule has 3 aromatic rings. The summed E-state index contributed by atoms with van der Waals surface area (Å²) >= 11 is 0. The lowest BCUT2D eigenvalue weighted by molar-refractivity contribution is -0.183. The number of aromatic nitrogens is 6. The molecule has 1 aliphatic carbocycles. The number of piperazine rings is 1. The number of hydrogen-bond donors (Lipinski definition) is 1. The normalized spacial score (nSPS) is 21.2. The number of unbranched alkanes of at least 4 members (excludes halogenated alkanes) is 2. The van der Waals surface area contributed by atoms with Crippen LogP contribution in [0.4, 0.5) is 27.8 Å². The molecule has 16 heteroatoms. The van der Waals surface area contributed by atoms with E-state index in [2.05, 4.69) is 41.1 Å². The predicted octanol–water partition coefficient (Wildman–Crippen LogP) is 8.42. The third-order valence-electron chi connectivity index (χ3n) is 12.2. The smallest absolute Gasteiger partial charge is 0.355 e. The Kier molecular flexibility index (Phi) is 15.5. The highest BCUT2D eigenvalue weighted by Crippen LogP contribution is 2.44. The summed E-state index contributed by atoms with van der Waals surface area (Å²) in [7, 11) is 2.14. The number of likely N-dealkylation sites (N-methyl/N-ethyl adjacent to an activating group) is 1. The van der Waals surface area contributed by atoms with E-state index in [4.69, 9.17) is 15.1 Å². The SMILES string of the molecule is CC(C)(C)C(C)(F)CF.CCCCCC(C)c1cn2nc(C[C@H]3C[C@@H](C(F)(F)F)CNC3=O)c(N3CCN(C)C4(CC4)C3)nc2n1.CCn1nccc1C(=O)C(C)C. The Morgan fingerprint density at radius 2 is 1.72 bits per heavy atom. The number of imidazole rings is 1. The number of halogens is 5. The van der Waals surface area contributed by atoms with Gasteiger partial charge in [-0.1, -0.05) is 67.7 Å². The molecule has 58 heavy (non-hydrogen) atoms. The van der Waals surface area contributed by atoms with Crippen LogP contribution in [0.2, 0.25) is 0 Å². The Morgan fingerprint density at radius 1 is 1.03 bits per heavy atom. The Bertz CT molecular complexity index is 1810. The van der Waals surface area contributed by atoms with Gasteiger partial charge in [-0.3, -0.25) is 19.2 Å². The minimum Gasteiger partial charge on any atom is -0.355 e. The van der Waals surface area contributed by atoms with Crippen LogP contribution in [0.5, 0.6) is 0 Å². The number of piperidine rings is 1. The van der Waals surface area contributed by atoms with Crippen LogP contribution in [0.1, 0.15) is 135 Å². The van der Waals surface area contributed by atoms with Gasteiger partial charge in [-0.15, -0.1) is 0 Å². The van der Waals surface area contributed by atoms with Crippen LogP contribution in [0.15, 0.2) is 18.5 Å². The van der Waals surface area contributed by atoms with E-state index in [1.165, 1.54) is 13.3 Å². The van der Waals surface area contributed by atoms with Gasteiger partial charge in [-0.25, -0.2) is 18.3 Å². The molecule has 326 valence electrons. The Hall–Kier alpha value is -3.69. The molecule has 2 unspecified atom stereocenters. The molecule has 2 aliphatic heterocycles. The van der Waals surface area contributed by atoms with Crippen molar-refractivity contribution in [3.63, 3.8) is 0 Å². The monoisotopic (exact) mass is 824 g/mol. The van der Waals surface area contributed by atoms with Crippen molar-refractivity contribution in [2.75, 3.05) is 44.8 Å². The molecule has 3 aliphatic rings. The number of carbonyl (C=O) groups is 2. The first kappa shape index (κ1) is 47.0. The highest BCUT2D eigenvalue weighted by Gasteiger charge is 2.50. The summed E-state index contributed by atoms with van der Waals surface area (Å²) in [5.74, 6) is -1.06. The number of amides is 1. The summed E-state index contributed by atoms with van der Waals surface area (Å²) < 4.78 is 68.6. The van der Waals surface area contributed by atoms with Gasteiger partial charge in [0.05, 0.1) is 17.8 Å². The molecule has 1 N–H and O–H groups in total. The highest BCUT2D eigenvalue weighted by molar-refractivity contribution is 5.95. The van der Waals surface area contributed by atoms with E-state index in [-0.39, 0.29) is 48.5 Å². The van der Waals surface area contributed by atoms with Crippen LogP contribution < -0.4 is 10.2 Å². The van der Waals surface area contributed by atoms with Crippen LogP contribution >= 0.6 is 0 Å². The molecule has 5 heterocycles. The highest BCUT2D eigenvalue weighted by atomic mass is 19.4. The minimum absolute atomic E-state index is 0.0481. The van der Waals surface area contributed by atoms with Crippen molar-refractivity contribution in [3.8, 4) is 0 Å². The molecular weight excluding hydrogens is 758 g/mol. The summed E-state index contributed by atoms with van der Waals surface area (Å²) in [5.41, 5.74) is 0.0467. The van der Waals surface area contributed by atoms with Gasteiger partial charge in [0.25, 0.3) is 5.78 Å². The van der Waals surface area contributed by atoms with Crippen molar-refractivity contribution in [2.45, 2.75) is 144 Å². The lowest BCUT2D eigenvalue weighted by atomic mass is 9.80. The zero-order valence-electron chi connectivity index (χ0n) is 36.2. The predicted molar refractivity (Wildman–Crippen MR) is 217 cm³/mol. The summed E-state index contributed by atoms with van der Waals surface area (Å²) in [6.45, 7) is 18.4. The molecule has 1 spiro atoms. The van der Waals surface area contributed by atoms with Crippen LogP contribution in [-0.4, -0.2) is 103 Å². The number of nitrogens with one attached hydrogen (secondary N) is 1. The molecule has 0 aromatic carbocycles. The van der Waals surface area contributed by atoms with Crippen molar-refractivity contribution < 1.29 is 31.5 Å². The van der Waals surface area contributed by atoms with Crippen LogP contribution in [0.25, 0.3) is 5.78 Å². The van der Waals surface area contributed by atoms with Gasteiger partial charge in [0.15, 0.2) is 11.6 Å². The second-order valence-electron chi connectivity index (χ2n) is 18.0. The molecule has 6 rings (SSSR count). The van der Waals surface area contributed by atoms with E-state index in [1.54, 1.807) is 42.2 Å². The maximum absolute atomic E-state index is 13.5. The van der Waals surface area contributed by atoms with Crippen molar-refractivity contribution >= 4 is 23.3 Å². The third-order valence-corrected chi connectivity index (χ3v) is 12.2. The van der Waals surface area contributed by atoms with Crippen molar-refractivity contribution in [1.82, 2.24) is 39.6 Å². The van der Waals surface area contributed by atoms with Crippen LogP contribution in [-0.2, 0) is 17.8 Å². The van der Waals surface area contributed by atoms with E-state index in [0.717, 1.165) is 64.0 Å². The van der Waals surface area contributed by atoms with Gasteiger partial charge in [0, 0.05) is 68.6 Å². The zero-order chi connectivity index (χ0) is 43.2. The number of alkyl halides is 5. The lowest BCUT2D eigenvalue weighted by Crippen LogP contribution is -2.54. The van der Waals surface area contributed by atoms with E-state index in [9.17, 15) is 31.5 Å². The summed E-state index contributed by atoms with van der Waals surface area (Å²) in [6, 6.07) is 1.77. The molecule has 11 nitrogen and oxygen atoms in total. The maximum atomic E-state index is 13.5. The number of nitrogens with zero attached hydrogens (tertiary/aromatic N) is 8. The molecule has 0 bridgehead atoms. The fraction of sp³-hybridized carbons (Fsp3) is 0.762. The fourth-order valence-corrected chi connectivity index (χ4v) is 7.11. The quantitative estimate of drug-likeness (QED) is 0.110. The Balaban J connectivity index is 0.000000290. The number of carbonyl (C=O) groups excluding carboxylic acids is 2. The maximum Gasteiger partial charge on any atom is 0.393 e. The first-order chi connectivity index (χ1) is 27.1. The first-order valence-electron chi connectivity index (χ1n) is 20.9. The molecule has 0 radical (unpaired) electrons. The van der Waals surface area contributed by atoms with Crippen molar-refractivity contribution in [3.05, 3.63) is 35.5 Å². The molecule has 2 saturated heterocycles. The van der Waals surface area contributed by atoms with Crippen LogP contribution in [0.3, 0.4) is 0 Å². The van der Waals surface area contributed by atoms with Crippen molar-refractivity contribution in [2.24, 2.45) is 23.2 Å². The van der Waals surface area contributed by atoms with Gasteiger partial charge >= 0.3 is 6.18 Å². The summed E-state index contributed by atoms with van der Waals surface area (Å²) in [6.07, 6.45) is 5.83. The summed E-state index contributed by atoms with van der Waals surface area (Å²) in [5, 5.41) is 11.3. The summed E-state index contributed by atoms with van der Waals surface area (Å²) in [4.78, 5) is 38.5. The number of Topliss-reactive ketones (excluding diaryl/α,β-unsaturated/α-hetero) is 1. The van der Waals surface area contributed by atoms with E-state index < -0.39 is 35.8 Å². The second-order valence-corrected chi connectivity index (χ2v) is 18.0.